The fraction of sp³-hybridized carbons (Fsp3) is 0.889. The first kappa shape index (κ1) is 12.4. The van der Waals surface area contributed by atoms with Gasteiger partial charge in [-0.15, -0.1) is 0 Å². The fourth-order valence-electron chi connectivity index (χ4n) is 1.15. The van der Waals surface area contributed by atoms with E-state index in [9.17, 15) is 4.79 Å². The van der Waals surface area contributed by atoms with Crippen molar-refractivity contribution in [3.8, 4) is 0 Å². The molecule has 0 aromatic rings. The van der Waals surface area contributed by atoms with Gasteiger partial charge in [-0.1, -0.05) is 6.92 Å². The first-order valence-corrected chi connectivity index (χ1v) is 4.53. The van der Waals surface area contributed by atoms with Crippen LogP contribution in [0.3, 0.4) is 0 Å². The summed E-state index contributed by atoms with van der Waals surface area (Å²) in [7, 11) is 1.55. The third-order valence-electron chi connectivity index (χ3n) is 2.20. The highest BCUT2D eigenvalue weighted by Gasteiger charge is 2.36. The van der Waals surface area contributed by atoms with Crippen LogP contribution in [0.25, 0.3) is 0 Å². The predicted octanol–water partition coefficient (Wildman–Crippen LogP) is 0.551. The van der Waals surface area contributed by atoms with Crippen LogP contribution in [0.4, 0.5) is 0 Å². The maximum Gasteiger partial charge on any atom is 0.315 e. The summed E-state index contributed by atoms with van der Waals surface area (Å²) >= 11 is 0. The Hall–Kier alpha value is -0.610. The Labute approximate surface area is 79.4 Å². The molecule has 0 saturated carbocycles. The lowest BCUT2D eigenvalue weighted by Gasteiger charge is -2.27. The van der Waals surface area contributed by atoms with E-state index in [0.717, 1.165) is 0 Å². The predicted molar refractivity (Wildman–Crippen MR) is 50.3 cm³/mol. The van der Waals surface area contributed by atoms with Crippen molar-refractivity contribution < 1.29 is 14.3 Å². The van der Waals surface area contributed by atoms with Crippen LogP contribution in [0.2, 0.25) is 0 Å². The lowest BCUT2D eigenvalue weighted by Crippen LogP contribution is -2.43. The van der Waals surface area contributed by atoms with E-state index in [-0.39, 0.29) is 12.5 Å². The normalized spacial score (nSPS) is 15.1. The Bertz CT molecular complexity index is 155. The van der Waals surface area contributed by atoms with Crippen molar-refractivity contribution in [1.29, 1.82) is 0 Å². The molecule has 78 valence electrons. The van der Waals surface area contributed by atoms with Gasteiger partial charge >= 0.3 is 5.97 Å². The van der Waals surface area contributed by atoms with Crippen LogP contribution in [-0.2, 0) is 14.3 Å². The summed E-state index contributed by atoms with van der Waals surface area (Å²) in [6.45, 7) is 4.64. The minimum absolute atomic E-state index is 0.260. The van der Waals surface area contributed by atoms with Gasteiger partial charge in [0.25, 0.3) is 0 Å². The van der Waals surface area contributed by atoms with Gasteiger partial charge in [0.1, 0.15) is 5.41 Å². The van der Waals surface area contributed by atoms with E-state index in [1.165, 1.54) is 0 Å². The van der Waals surface area contributed by atoms with Gasteiger partial charge in [0, 0.05) is 13.7 Å². The van der Waals surface area contributed by atoms with Crippen molar-refractivity contribution in [2.75, 3.05) is 26.9 Å². The maximum absolute atomic E-state index is 11.5. The first-order valence-electron chi connectivity index (χ1n) is 4.53. The van der Waals surface area contributed by atoms with Gasteiger partial charge in [0.2, 0.25) is 0 Å². The lowest BCUT2D eigenvalue weighted by atomic mass is 9.86. The van der Waals surface area contributed by atoms with Gasteiger partial charge in [0.15, 0.2) is 0 Å². The smallest absolute Gasteiger partial charge is 0.315 e. The summed E-state index contributed by atoms with van der Waals surface area (Å²) in [4.78, 5) is 11.5. The van der Waals surface area contributed by atoms with Crippen LogP contribution in [0, 0.1) is 5.41 Å². The third kappa shape index (κ3) is 2.97. The van der Waals surface area contributed by atoms with E-state index in [0.29, 0.717) is 19.6 Å². The molecule has 0 aliphatic rings. The monoisotopic (exact) mass is 189 g/mol. The molecule has 0 aliphatic carbocycles. The summed E-state index contributed by atoms with van der Waals surface area (Å²) in [6, 6.07) is 0. The van der Waals surface area contributed by atoms with Crippen LogP contribution in [0.15, 0.2) is 0 Å². The molecule has 0 rings (SSSR count). The molecule has 0 bridgehead atoms. The van der Waals surface area contributed by atoms with Gasteiger partial charge < -0.3 is 15.2 Å². The van der Waals surface area contributed by atoms with Crippen LogP contribution in [0.5, 0.6) is 0 Å². The minimum atomic E-state index is -0.662. The number of methoxy groups -OCH3 is 1. The largest absolute Gasteiger partial charge is 0.465 e. The maximum atomic E-state index is 11.5. The number of hydrogen-bond acceptors (Lipinski definition) is 4. The van der Waals surface area contributed by atoms with Crippen LogP contribution in [-0.4, -0.2) is 32.8 Å². The zero-order valence-electron chi connectivity index (χ0n) is 8.63. The van der Waals surface area contributed by atoms with Gasteiger partial charge in [-0.2, -0.15) is 0 Å². The summed E-state index contributed by atoms with van der Waals surface area (Å²) in [5, 5.41) is 0. The number of hydrogen-bond donors (Lipinski definition) is 1. The second-order valence-corrected chi connectivity index (χ2v) is 2.99. The Morgan fingerprint density at radius 2 is 2.08 bits per heavy atom. The number of rotatable bonds is 6. The van der Waals surface area contributed by atoms with E-state index in [1.54, 1.807) is 14.0 Å². The first-order chi connectivity index (χ1) is 6.16. The molecule has 0 fully saturated rings. The number of nitrogens with two attached hydrogens (primary N) is 1. The van der Waals surface area contributed by atoms with Gasteiger partial charge in [-0.25, -0.2) is 0 Å². The van der Waals surface area contributed by atoms with E-state index in [2.05, 4.69) is 0 Å². The Kier molecular flexibility index (Phi) is 5.66. The Morgan fingerprint density at radius 1 is 1.46 bits per heavy atom. The summed E-state index contributed by atoms with van der Waals surface area (Å²) in [5.41, 5.74) is 4.89. The fourth-order valence-corrected chi connectivity index (χ4v) is 1.15. The van der Waals surface area contributed by atoms with Crippen molar-refractivity contribution in [1.82, 2.24) is 0 Å². The second kappa shape index (κ2) is 5.94. The highest BCUT2D eigenvalue weighted by Crippen LogP contribution is 2.22. The Balaban J connectivity index is 4.43. The molecular weight excluding hydrogens is 170 g/mol. The lowest BCUT2D eigenvalue weighted by molar-refractivity contribution is -0.158. The van der Waals surface area contributed by atoms with Gasteiger partial charge in [-0.05, 0) is 13.3 Å². The summed E-state index contributed by atoms with van der Waals surface area (Å²) < 4.78 is 9.92. The zero-order chi connectivity index (χ0) is 10.3. The molecule has 0 aliphatic heterocycles. The minimum Gasteiger partial charge on any atom is -0.465 e. The zero-order valence-corrected chi connectivity index (χ0v) is 8.63. The SMILES string of the molecule is CCOC(=O)C(CC)(CN)COC. The van der Waals surface area contributed by atoms with Crippen molar-refractivity contribution in [2.24, 2.45) is 11.1 Å². The molecule has 0 amide bonds. The van der Waals surface area contributed by atoms with Crippen LogP contribution in [0.1, 0.15) is 20.3 Å². The molecule has 4 nitrogen and oxygen atoms in total. The Morgan fingerprint density at radius 3 is 2.38 bits per heavy atom. The average Bonchev–Trinajstić information content (AvgIpc) is 2.14. The van der Waals surface area contributed by atoms with E-state index < -0.39 is 5.41 Å². The second-order valence-electron chi connectivity index (χ2n) is 2.99. The molecule has 1 unspecified atom stereocenters. The number of carbonyl (C=O) groups is 1. The molecule has 2 N–H and O–H groups in total. The van der Waals surface area contributed by atoms with Crippen molar-refractivity contribution in [3.05, 3.63) is 0 Å². The molecule has 0 spiro atoms. The quantitative estimate of drug-likeness (QED) is 0.620. The van der Waals surface area contributed by atoms with Crippen molar-refractivity contribution in [3.63, 3.8) is 0 Å². The summed E-state index contributed by atoms with van der Waals surface area (Å²) in [5.74, 6) is -0.262. The molecule has 0 aromatic carbocycles. The van der Waals surface area contributed by atoms with E-state index in [1.807, 2.05) is 6.92 Å². The number of esters is 1. The molecule has 4 heteroatoms. The topological polar surface area (TPSA) is 61.5 Å². The third-order valence-corrected chi connectivity index (χ3v) is 2.20. The average molecular weight is 189 g/mol. The molecule has 1 atom stereocenters. The summed E-state index contributed by atoms with van der Waals surface area (Å²) in [6.07, 6.45) is 0.635. The van der Waals surface area contributed by atoms with Crippen molar-refractivity contribution >= 4 is 5.97 Å². The molecule has 0 saturated heterocycles. The van der Waals surface area contributed by atoms with E-state index >= 15 is 0 Å². The highest BCUT2D eigenvalue weighted by molar-refractivity contribution is 5.77. The van der Waals surface area contributed by atoms with Crippen molar-refractivity contribution in [2.45, 2.75) is 20.3 Å². The number of ether oxygens (including phenoxy) is 2. The van der Waals surface area contributed by atoms with Gasteiger partial charge in [-0.3, -0.25) is 4.79 Å². The standard InChI is InChI=1S/C9H19NO3/c1-4-9(6-10,7-12-3)8(11)13-5-2/h4-7,10H2,1-3H3. The van der Waals surface area contributed by atoms with Crippen LogP contribution < -0.4 is 5.73 Å². The molecule has 0 heterocycles. The molecule has 13 heavy (non-hydrogen) atoms. The van der Waals surface area contributed by atoms with E-state index in [4.69, 9.17) is 15.2 Å². The van der Waals surface area contributed by atoms with Gasteiger partial charge in [0.05, 0.1) is 13.2 Å². The molecular formula is C9H19NO3. The van der Waals surface area contributed by atoms with Crippen LogP contribution >= 0.6 is 0 Å². The number of carbonyl (C=O) groups excluding carboxylic acids is 1. The highest BCUT2D eigenvalue weighted by atomic mass is 16.5. The molecule has 0 aromatic heterocycles. The molecule has 0 radical (unpaired) electrons.